The number of carboxylic acid groups (broad SMARTS) is 1. The molecule has 1 fully saturated rings. The lowest BCUT2D eigenvalue weighted by Gasteiger charge is -2.23. The first-order valence-electron chi connectivity index (χ1n) is 6.85. The van der Waals surface area contributed by atoms with Crippen LogP contribution in [-0.2, 0) is 9.59 Å². The van der Waals surface area contributed by atoms with E-state index in [2.05, 4.69) is 5.32 Å². The number of aliphatic carboxylic acids is 1. The molecular weight excluding hydrogens is 254 g/mol. The Balaban J connectivity index is 1.78. The van der Waals surface area contributed by atoms with Crippen molar-refractivity contribution in [3.8, 4) is 0 Å². The minimum Gasteiger partial charge on any atom is -0.481 e. The molecule has 4 heteroatoms. The number of amides is 1. The monoisotopic (exact) mass is 271 g/mol. The van der Waals surface area contributed by atoms with Gasteiger partial charge in [-0.05, 0) is 37.3 Å². The number of aryl methyl sites for hydroxylation is 1. The van der Waals surface area contributed by atoms with Crippen LogP contribution in [0.4, 0.5) is 5.69 Å². The van der Waals surface area contributed by atoms with Crippen LogP contribution < -0.4 is 5.32 Å². The van der Waals surface area contributed by atoms with Crippen molar-refractivity contribution in [1.29, 1.82) is 0 Å². The molecule has 0 saturated heterocycles. The Morgan fingerprint density at radius 2 is 1.70 bits per heavy atom. The third-order valence-electron chi connectivity index (χ3n) is 4.37. The average Bonchev–Trinajstić information content (AvgIpc) is 3.01. The number of fused-ring (bicyclic) bond motifs is 2. The Labute approximate surface area is 117 Å². The predicted octanol–water partition coefficient (Wildman–Crippen LogP) is 2.46. The molecule has 2 bridgehead atoms. The zero-order chi connectivity index (χ0) is 14.3. The van der Waals surface area contributed by atoms with E-state index in [0.29, 0.717) is 0 Å². The van der Waals surface area contributed by atoms with Gasteiger partial charge in [0.2, 0.25) is 5.91 Å². The molecule has 1 aromatic rings. The molecule has 2 aliphatic carbocycles. The predicted molar refractivity (Wildman–Crippen MR) is 75.2 cm³/mol. The number of hydrogen-bond acceptors (Lipinski definition) is 2. The summed E-state index contributed by atoms with van der Waals surface area (Å²) in [6.07, 6.45) is 4.71. The van der Waals surface area contributed by atoms with E-state index < -0.39 is 17.8 Å². The largest absolute Gasteiger partial charge is 0.481 e. The molecule has 2 aliphatic rings. The molecule has 0 aliphatic heterocycles. The van der Waals surface area contributed by atoms with Crippen LogP contribution in [0.3, 0.4) is 0 Å². The molecule has 0 radical (unpaired) electrons. The lowest BCUT2D eigenvalue weighted by molar-refractivity contribution is -0.146. The van der Waals surface area contributed by atoms with E-state index in [4.69, 9.17) is 0 Å². The first-order chi connectivity index (χ1) is 9.56. The summed E-state index contributed by atoms with van der Waals surface area (Å²) in [6, 6.07) is 7.52. The Hall–Kier alpha value is -2.10. The lowest BCUT2D eigenvalue weighted by atomic mass is 9.82. The summed E-state index contributed by atoms with van der Waals surface area (Å²) < 4.78 is 0. The number of hydrogen-bond donors (Lipinski definition) is 2. The molecule has 1 amide bonds. The summed E-state index contributed by atoms with van der Waals surface area (Å²) in [4.78, 5) is 23.8. The summed E-state index contributed by atoms with van der Waals surface area (Å²) in [5.41, 5.74) is 1.84. The highest BCUT2D eigenvalue weighted by molar-refractivity contribution is 5.96. The maximum absolute atomic E-state index is 12.4. The average molecular weight is 271 g/mol. The molecule has 2 N–H and O–H groups in total. The van der Waals surface area contributed by atoms with Gasteiger partial charge >= 0.3 is 5.97 Å². The van der Waals surface area contributed by atoms with Crippen molar-refractivity contribution in [2.75, 3.05) is 5.32 Å². The number of carbonyl (C=O) groups excluding carboxylic acids is 1. The molecule has 4 atom stereocenters. The van der Waals surface area contributed by atoms with E-state index in [0.717, 1.165) is 17.7 Å². The molecular formula is C16H17NO3. The Morgan fingerprint density at radius 1 is 1.10 bits per heavy atom. The van der Waals surface area contributed by atoms with Crippen molar-refractivity contribution >= 4 is 17.6 Å². The second-order valence-electron chi connectivity index (χ2n) is 5.69. The highest BCUT2D eigenvalue weighted by atomic mass is 16.4. The van der Waals surface area contributed by atoms with Gasteiger partial charge in [-0.15, -0.1) is 0 Å². The molecule has 104 valence electrons. The zero-order valence-electron chi connectivity index (χ0n) is 11.2. The van der Waals surface area contributed by atoms with Gasteiger partial charge in [-0.2, -0.15) is 0 Å². The zero-order valence-corrected chi connectivity index (χ0v) is 11.2. The fourth-order valence-electron chi connectivity index (χ4n) is 3.38. The molecule has 0 unspecified atom stereocenters. The lowest BCUT2D eigenvalue weighted by Crippen LogP contribution is -2.36. The Bertz CT molecular complexity index is 576. The third kappa shape index (κ3) is 2.11. The van der Waals surface area contributed by atoms with Gasteiger partial charge < -0.3 is 10.4 Å². The van der Waals surface area contributed by atoms with Gasteiger partial charge in [-0.1, -0.05) is 29.8 Å². The van der Waals surface area contributed by atoms with Crippen LogP contribution in [0.15, 0.2) is 36.4 Å². The number of nitrogens with one attached hydrogen (secondary N) is 1. The molecule has 4 nitrogen and oxygen atoms in total. The quantitative estimate of drug-likeness (QED) is 0.830. The molecule has 1 aromatic carbocycles. The van der Waals surface area contributed by atoms with E-state index in [1.54, 1.807) is 0 Å². The van der Waals surface area contributed by atoms with Crippen molar-refractivity contribution in [2.24, 2.45) is 23.7 Å². The summed E-state index contributed by atoms with van der Waals surface area (Å²) in [5.74, 6) is -2.03. The summed E-state index contributed by atoms with van der Waals surface area (Å²) in [7, 11) is 0. The third-order valence-corrected chi connectivity index (χ3v) is 4.37. The fourth-order valence-corrected chi connectivity index (χ4v) is 3.38. The van der Waals surface area contributed by atoms with Gasteiger partial charge in [-0.3, -0.25) is 9.59 Å². The fraction of sp³-hybridized carbons (Fsp3) is 0.375. The van der Waals surface area contributed by atoms with Crippen LogP contribution in [0.1, 0.15) is 12.0 Å². The van der Waals surface area contributed by atoms with Gasteiger partial charge in [0.25, 0.3) is 0 Å². The van der Waals surface area contributed by atoms with Crippen LogP contribution >= 0.6 is 0 Å². The van der Waals surface area contributed by atoms with E-state index >= 15 is 0 Å². The topological polar surface area (TPSA) is 66.4 Å². The summed E-state index contributed by atoms with van der Waals surface area (Å²) >= 11 is 0. The van der Waals surface area contributed by atoms with Crippen molar-refractivity contribution in [1.82, 2.24) is 0 Å². The van der Waals surface area contributed by atoms with Crippen molar-refractivity contribution < 1.29 is 14.7 Å². The van der Waals surface area contributed by atoms with Gasteiger partial charge in [-0.25, -0.2) is 0 Å². The van der Waals surface area contributed by atoms with E-state index in [1.165, 1.54) is 0 Å². The van der Waals surface area contributed by atoms with Crippen LogP contribution in [0.25, 0.3) is 0 Å². The smallest absolute Gasteiger partial charge is 0.307 e. The number of carbonyl (C=O) groups is 2. The molecule has 3 rings (SSSR count). The number of rotatable bonds is 3. The van der Waals surface area contributed by atoms with Crippen LogP contribution in [-0.4, -0.2) is 17.0 Å². The van der Waals surface area contributed by atoms with E-state index in [-0.39, 0.29) is 17.7 Å². The summed E-state index contributed by atoms with van der Waals surface area (Å²) in [6.45, 7) is 1.98. The van der Waals surface area contributed by atoms with E-state index in [9.17, 15) is 14.7 Å². The maximum atomic E-state index is 12.4. The standard InChI is InChI=1S/C16H17NO3/c1-9-2-6-12(7-3-9)17-15(18)13-10-4-5-11(8-10)14(13)16(19)20/h2-7,10-11,13-14H,8H2,1H3,(H,17,18)(H,19,20)/t10-,11-,13+,14+/m0/s1. The first kappa shape index (κ1) is 12.9. The Kier molecular flexibility index (Phi) is 3.08. The van der Waals surface area contributed by atoms with Crippen molar-refractivity contribution in [2.45, 2.75) is 13.3 Å². The maximum Gasteiger partial charge on any atom is 0.307 e. The summed E-state index contributed by atoms with van der Waals surface area (Å²) in [5, 5.41) is 12.2. The second kappa shape index (κ2) is 4.78. The van der Waals surface area contributed by atoms with Gasteiger partial charge in [0, 0.05) is 5.69 Å². The second-order valence-corrected chi connectivity index (χ2v) is 5.69. The molecule has 0 spiro atoms. The minimum absolute atomic E-state index is 0.00580. The van der Waals surface area contributed by atoms with E-state index in [1.807, 2.05) is 43.3 Å². The minimum atomic E-state index is -0.870. The molecule has 0 heterocycles. The number of allylic oxidation sites excluding steroid dienone is 2. The normalized spacial score (nSPS) is 30.4. The SMILES string of the molecule is Cc1ccc(NC(=O)[C@H]2[C@H](C(=O)O)[C@H]3C=C[C@H]2C3)cc1. The van der Waals surface area contributed by atoms with Crippen LogP contribution in [0.5, 0.6) is 0 Å². The molecule has 1 saturated carbocycles. The molecule has 0 aromatic heterocycles. The first-order valence-corrected chi connectivity index (χ1v) is 6.85. The van der Waals surface area contributed by atoms with Crippen molar-refractivity contribution in [3.63, 3.8) is 0 Å². The van der Waals surface area contributed by atoms with Gasteiger partial charge in [0.15, 0.2) is 0 Å². The molecule has 20 heavy (non-hydrogen) atoms. The van der Waals surface area contributed by atoms with Crippen molar-refractivity contribution in [3.05, 3.63) is 42.0 Å². The number of anilines is 1. The highest BCUT2D eigenvalue weighted by Gasteiger charge is 2.51. The van der Waals surface area contributed by atoms with Gasteiger partial charge in [0.1, 0.15) is 0 Å². The van der Waals surface area contributed by atoms with Crippen LogP contribution in [0.2, 0.25) is 0 Å². The van der Waals surface area contributed by atoms with Gasteiger partial charge in [0.05, 0.1) is 11.8 Å². The number of carboxylic acids is 1. The Morgan fingerprint density at radius 3 is 2.30 bits per heavy atom. The van der Waals surface area contributed by atoms with Crippen LogP contribution in [0, 0.1) is 30.6 Å². The highest BCUT2D eigenvalue weighted by Crippen LogP contribution is 2.48. The number of benzene rings is 1.